The predicted molar refractivity (Wildman–Crippen MR) is 145 cm³/mol. The zero-order chi connectivity index (χ0) is 26.4. The fraction of sp³-hybridized carbons (Fsp3) is 0.375. The lowest BCUT2D eigenvalue weighted by Crippen LogP contribution is -2.37. The molecule has 0 aliphatic carbocycles. The SMILES string of the molecule is O=C(Nc1ccc(-c2nc(-c3ccc(CN4CCOCC4)s3)nc(N3CCOCC3)n2)cc1)Nc1nn[nH]n1. The first-order valence-corrected chi connectivity index (χ1v) is 13.4. The summed E-state index contributed by atoms with van der Waals surface area (Å²) in [6, 6.07) is 11.1. The molecule has 0 saturated carbocycles. The summed E-state index contributed by atoms with van der Waals surface area (Å²) in [5.41, 5.74) is 1.40. The summed E-state index contributed by atoms with van der Waals surface area (Å²) in [6.45, 7) is 7.00. The molecule has 0 unspecified atom stereocenters. The van der Waals surface area contributed by atoms with Gasteiger partial charge in [0.15, 0.2) is 11.6 Å². The number of hydrogen-bond acceptors (Lipinski definition) is 12. The molecule has 4 aromatic rings. The molecule has 2 amide bonds. The average molecular weight is 550 g/mol. The van der Waals surface area contributed by atoms with Crippen molar-refractivity contribution in [3.63, 3.8) is 0 Å². The second-order valence-electron chi connectivity index (χ2n) is 8.93. The minimum absolute atomic E-state index is 0.0826. The van der Waals surface area contributed by atoms with Crippen LogP contribution >= 0.6 is 11.3 Å². The quantitative estimate of drug-likeness (QED) is 0.310. The molecular weight excluding hydrogens is 522 g/mol. The Kier molecular flexibility index (Phi) is 7.62. The lowest BCUT2D eigenvalue weighted by atomic mass is 10.2. The van der Waals surface area contributed by atoms with Gasteiger partial charge in [-0.25, -0.2) is 9.78 Å². The number of H-pyrrole nitrogens is 1. The van der Waals surface area contributed by atoms with E-state index < -0.39 is 6.03 Å². The lowest BCUT2D eigenvalue weighted by molar-refractivity contribution is 0.0346. The van der Waals surface area contributed by atoms with Gasteiger partial charge in [0.25, 0.3) is 5.95 Å². The van der Waals surface area contributed by atoms with E-state index in [9.17, 15) is 4.79 Å². The standard InChI is InChI=1S/C24H27N11O3S/c36-24(29-22-30-32-33-31-22)25-17-3-1-16(2-4-17)20-26-21(28-23(27-20)35-9-13-38-14-10-35)19-6-5-18(39-19)15-34-7-11-37-12-8-34/h1-6H,7-15H2,(H3,25,29,30,31,32,33,36). The Morgan fingerprint density at radius 3 is 2.38 bits per heavy atom. The molecule has 14 nitrogen and oxygen atoms in total. The molecule has 6 rings (SSSR count). The van der Waals surface area contributed by atoms with E-state index in [4.69, 9.17) is 24.4 Å². The molecule has 1 aromatic carbocycles. The zero-order valence-electron chi connectivity index (χ0n) is 21.0. The van der Waals surface area contributed by atoms with Gasteiger partial charge in [0.2, 0.25) is 5.95 Å². The topological polar surface area (TPSA) is 159 Å². The van der Waals surface area contributed by atoms with Crippen LogP contribution in [0.5, 0.6) is 0 Å². The Hall–Kier alpha value is -4.05. The van der Waals surface area contributed by atoms with E-state index in [-0.39, 0.29) is 5.95 Å². The number of amides is 2. The number of morpholine rings is 2. The van der Waals surface area contributed by atoms with Crippen LogP contribution in [0.1, 0.15) is 4.88 Å². The van der Waals surface area contributed by atoms with Crippen LogP contribution in [0, 0.1) is 0 Å². The van der Waals surface area contributed by atoms with Crippen LogP contribution in [-0.2, 0) is 16.0 Å². The van der Waals surface area contributed by atoms with E-state index in [1.807, 2.05) is 12.1 Å². The van der Waals surface area contributed by atoms with Crippen molar-refractivity contribution in [3.8, 4) is 22.1 Å². The van der Waals surface area contributed by atoms with Gasteiger partial charge in [0.1, 0.15) is 0 Å². The van der Waals surface area contributed by atoms with Crippen LogP contribution in [-0.4, -0.2) is 99.1 Å². The highest BCUT2D eigenvalue weighted by molar-refractivity contribution is 7.15. The fourth-order valence-electron chi connectivity index (χ4n) is 4.25. The van der Waals surface area contributed by atoms with Crippen molar-refractivity contribution in [2.45, 2.75) is 6.54 Å². The van der Waals surface area contributed by atoms with Gasteiger partial charge >= 0.3 is 6.03 Å². The van der Waals surface area contributed by atoms with Gasteiger partial charge in [0, 0.05) is 48.9 Å². The summed E-state index contributed by atoms with van der Waals surface area (Å²) >= 11 is 1.70. The highest BCUT2D eigenvalue weighted by Gasteiger charge is 2.20. The second-order valence-corrected chi connectivity index (χ2v) is 10.1. The number of nitrogens with zero attached hydrogens (tertiary/aromatic N) is 8. The monoisotopic (exact) mass is 549 g/mol. The summed E-state index contributed by atoms with van der Waals surface area (Å²) in [6.07, 6.45) is 0. The van der Waals surface area contributed by atoms with E-state index in [1.54, 1.807) is 23.5 Å². The number of hydrogen-bond donors (Lipinski definition) is 3. The zero-order valence-corrected chi connectivity index (χ0v) is 21.9. The van der Waals surface area contributed by atoms with Crippen molar-refractivity contribution in [2.24, 2.45) is 0 Å². The number of carbonyl (C=O) groups excluding carboxylic acids is 1. The van der Waals surface area contributed by atoms with Gasteiger partial charge in [-0.2, -0.15) is 15.2 Å². The Balaban J connectivity index is 1.23. The summed E-state index contributed by atoms with van der Waals surface area (Å²) in [7, 11) is 0. The summed E-state index contributed by atoms with van der Waals surface area (Å²) < 4.78 is 11.0. The van der Waals surface area contributed by atoms with Crippen molar-refractivity contribution in [2.75, 3.05) is 68.1 Å². The van der Waals surface area contributed by atoms with Crippen molar-refractivity contribution in [1.82, 2.24) is 40.5 Å². The van der Waals surface area contributed by atoms with Crippen molar-refractivity contribution in [1.29, 1.82) is 0 Å². The maximum Gasteiger partial charge on any atom is 0.326 e. The maximum atomic E-state index is 12.2. The molecule has 0 bridgehead atoms. The van der Waals surface area contributed by atoms with E-state index in [2.05, 4.69) is 53.2 Å². The Morgan fingerprint density at radius 2 is 1.64 bits per heavy atom. The lowest BCUT2D eigenvalue weighted by Gasteiger charge is -2.27. The predicted octanol–water partition coefficient (Wildman–Crippen LogP) is 2.09. The number of nitrogens with one attached hydrogen (secondary N) is 3. The second kappa shape index (κ2) is 11.8. The molecule has 2 aliphatic heterocycles. The van der Waals surface area contributed by atoms with Gasteiger partial charge in [-0.15, -0.1) is 16.4 Å². The number of thiophene rings is 1. The van der Waals surface area contributed by atoms with Crippen LogP contribution in [0.25, 0.3) is 22.1 Å². The Morgan fingerprint density at radius 1 is 0.897 bits per heavy atom. The molecule has 3 aromatic heterocycles. The molecule has 0 spiro atoms. The number of urea groups is 1. The number of carbonyl (C=O) groups is 1. The van der Waals surface area contributed by atoms with Crippen molar-refractivity contribution >= 4 is 35.0 Å². The van der Waals surface area contributed by atoms with E-state index in [0.29, 0.717) is 49.6 Å². The molecule has 2 saturated heterocycles. The summed E-state index contributed by atoms with van der Waals surface area (Å²) in [5, 5.41) is 18.3. The van der Waals surface area contributed by atoms with Crippen LogP contribution < -0.4 is 15.5 Å². The molecule has 202 valence electrons. The van der Waals surface area contributed by atoms with Crippen LogP contribution in [0.4, 0.5) is 22.4 Å². The van der Waals surface area contributed by atoms with Gasteiger partial charge in [0.05, 0.1) is 31.3 Å². The minimum atomic E-state index is -0.480. The first-order chi connectivity index (χ1) is 19.2. The largest absolute Gasteiger partial charge is 0.379 e. The average Bonchev–Trinajstić information content (AvgIpc) is 3.67. The molecule has 3 N–H and O–H groups in total. The Bertz CT molecular complexity index is 1380. The van der Waals surface area contributed by atoms with Crippen LogP contribution in [0.3, 0.4) is 0 Å². The fourth-order valence-corrected chi connectivity index (χ4v) is 5.24. The molecule has 15 heteroatoms. The third-order valence-electron chi connectivity index (χ3n) is 6.25. The highest BCUT2D eigenvalue weighted by atomic mass is 32.1. The smallest absolute Gasteiger partial charge is 0.326 e. The third-order valence-corrected chi connectivity index (χ3v) is 7.32. The van der Waals surface area contributed by atoms with Crippen molar-refractivity contribution < 1.29 is 14.3 Å². The van der Waals surface area contributed by atoms with E-state index in [0.717, 1.165) is 43.3 Å². The first-order valence-electron chi connectivity index (χ1n) is 12.6. The van der Waals surface area contributed by atoms with Crippen LogP contribution in [0.2, 0.25) is 0 Å². The number of aromatic nitrogens is 7. The molecule has 39 heavy (non-hydrogen) atoms. The van der Waals surface area contributed by atoms with E-state index in [1.165, 1.54) is 4.88 Å². The minimum Gasteiger partial charge on any atom is -0.379 e. The number of rotatable bonds is 7. The third kappa shape index (κ3) is 6.34. The van der Waals surface area contributed by atoms with Crippen LogP contribution in [0.15, 0.2) is 36.4 Å². The molecule has 2 fully saturated rings. The molecule has 5 heterocycles. The number of ether oxygens (including phenoxy) is 2. The summed E-state index contributed by atoms with van der Waals surface area (Å²) in [4.78, 5) is 33.4. The maximum absolute atomic E-state index is 12.2. The van der Waals surface area contributed by atoms with Gasteiger partial charge < -0.3 is 19.7 Å². The van der Waals surface area contributed by atoms with E-state index >= 15 is 0 Å². The molecular formula is C24H27N11O3S. The molecule has 0 atom stereocenters. The molecule has 2 aliphatic rings. The van der Waals surface area contributed by atoms with Gasteiger partial charge in [-0.3, -0.25) is 10.2 Å². The normalized spacial score (nSPS) is 16.3. The summed E-state index contributed by atoms with van der Waals surface area (Å²) in [5.74, 6) is 1.91. The number of tetrazole rings is 1. The number of aromatic amines is 1. The van der Waals surface area contributed by atoms with Crippen molar-refractivity contribution in [3.05, 3.63) is 41.3 Å². The van der Waals surface area contributed by atoms with Gasteiger partial charge in [-0.1, -0.05) is 5.10 Å². The first kappa shape index (κ1) is 25.2. The number of benzene rings is 1. The Labute approximate surface area is 227 Å². The number of anilines is 3. The van der Waals surface area contributed by atoms with Gasteiger partial charge in [-0.05, 0) is 41.6 Å². The highest BCUT2D eigenvalue weighted by Crippen LogP contribution is 2.30. The molecule has 0 radical (unpaired) electrons.